The number of benzene rings is 1. The van der Waals surface area contributed by atoms with Crippen LogP contribution in [0.5, 0.6) is 11.6 Å². The molecule has 9 heteroatoms. The second-order valence-electron chi connectivity index (χ2n) is 6.93. The van der Waals surface area contributed by atoms with E-state index in [1.165, 1.54) is 11.8 Å². The molecule has 5 rings (SSSR count). The van der Waals surface area contributed by atoms with Crippen LogP contribution in [0.2, 0.25) is 0 Å². The fourth-order valence-electron chi connectivity index (χ4n) is 3.51. The molecule has 4 aromatic rings. The molecular formula is C21H21N7OS. The topological polar surface area (TPSA) is 83.1 Å². The van der Waals surface area contributed by atoms with Gasteiger partial charge in [-0.1, -0.05) is 17.8 Å². The third-order valence-electron chi connectivity index (χ3n) is 5.06. The van der Waals surface area contributed by atoms with E-state index < -0.39 is 0 Å². The number of piperazine rings is 1. The van der Waals surface area contributed by atoms with Gasteiger partial charge in [0.05, 0.1) is 11.7 Å². The van der Waals surface area contributed by atoms with Gasteiger partial charge in [-0.2, -0.15) is 10.1 Å². The summed E-state index contributed by atoms with van der Waals surface area (Å²) >= 11 is 1.51. The Morgan fingerprint density at radius 1 is 0.967 bits per heavy atom. The molecule has 0 aliphatic carbocycles. The Kier molecular flexibility index (Phi) is 5.10. The summed E-state index contributed by atoms with van der Waals surface area (Å²) in [5, 5.41) is 8.69. The van der Waals surface area contributed by atoms with Crippen LogP contribution in [0.3, 0.4) is 0 Å². The molecule has 3 aromatic heterocycles. The third-order valence-corrected chi connectivity index (χ3v) is 5.61. The van der Waals surface area contributed by atoms with Crippen LogP contribution >= 0.6 is 11.8 Å². The van der Waals surface area contributed by atoms with Crippen molar-refractivity contribution in [2.24, 2.45) is 0 Å². The number of hydrogen-bond acceptors (Lipinski definition) is 8. The maximum absolute atomic E-state index is 6.07. The minimum Gasteiger partial charge on any atom is -0.439 e. The van der Waals surface area contributed by atoms with Crippen molar-refractivity contribution in [1.29, 1.82) is 0 Å². The predicted molar refractivity (Wildman–Crippen MR) is 119 cm³/mol. The second kappa shape index (κ2) is 8.19. The summed E-state index contributed by atoms with van der Waals surface area (Å²) in [7, 11) is 0. The Morgan fingerprint density at radius 3 is 2.57 bits per heavy atom. The van der Waals surface area contributed by atoms with Gasteiger partial charge in [-0.3, -0.25) is 5.10 Å². The fraction of sp³-hybridized carbons (Fsp3) is 0.238. The van der Waals surface area contributed by atoms with Gasteiger partial charge in [0.15, 0.2) is 5.16 Å². The monoisotopic (exact) mass is 419 g/mol. The molecule has 0 bridgehead atoms. The number of ether oxygens (including phenoxy) is 1. The number of fused-ring (bicyclic) bond motifs is 1. The number of anilines is 2. The van der Waals surface area contributed by atoms with Crippen molar-refractivity contribution in [3.63, 3.8) is 0 Å². The molecule has 1 aliphatic heterocycles. The second-order valence-corrected chi connectivity index (χ2v) is 7.71. The van der Waals surface area contributed by atoms with E-state index in [2.05, 4.69) is 36.0 Å². The Morgan fingerprint density at radius 2 is 1.80 bits per heavy atom. The van der Waals surface area contributed by atoms with Gasteiger partial charge in [-0.05, 0) is 36.6 Å². The summed E-state index contributed by atoms with van der Waals surface area (Å²) in [6.45, 7) is 3.51. The van der Waals surface area contributed by atoms with Gasteiger partial charge in [0.2, 0.25) is 5.88 Å². The zero-order chi connectivity index (χ0) is 20.3. The first kappa shape index (κ1) is 18.7. The summed E-state index contributed by atoms with van der Waals surface area (Å²) in [6, 6.07) is 13.7. The first-order chi connectivity index (χ1) is 14.8. The summed E-state index contributed by atoms with van der Waals surface area (Å²) in [5.74, 6) is 3.16. The standard InChI is InChI=1S/C21H21N7OS/c1-30-21-24-19(28-10-8-27(9-11-28)18-4-2-3-7-22-18)13-20(25-21)29-16-5-6-17-15(12-16)14-23-26-17/h2-7,12-14H,8-11H2,1H3,(H,23,26). The number of thioether (sulfide) groups is 1. The van der Waals surface area contributed by atoms with E-state index >= 15 is 0 Å². The van der Waals surface area contributed by atoms with Crippen molar-refractivity contribution < 1.29 is 4.74 Å². The molecule has 0 unspecified atom stereocenters. The molecule has 1 aromatic carbocycles. The lowest BCUT2D eigenvalue weighted by Crippen LogP contribution is -2.47. The molecule has 4 heterocycles. The van der Waals surface area contributed by atoms with Crippen molar-refractivity contribution >= 4 is 34.3 Å². The largest absolute Gasteiger partial charge is 0.439 e. The summed E-state index contributed by atoms with van der Waals surface area (Å²) in [4.78, 5) is 18.3. The van der Waals surface area contributed by atoms with Crippen LogP contribution in [-0.2, 0) is 0 Å². The zero-order valence-electron chi connectivity index (χ0n) is 16.5. The number of rotatable bonds is 5. The Bertz CT molecular complexity index is 1140. The molecule has 1 N–H and O–H groups in total. The zero-order valence-corrected chi connectivity index (χ0v) is 17.3. The lowest BCUT2D eigenvalue weighted by molar-refractivity contribution is 0.455. The number of pyridine rings is 1. The van der Waals surface area contributed by atoms with E-state index in [4.69, 9.17) is 9.72 Å². The minimum absolute atomic E-state index is 0.541. The average Bonchev–Trinajstić information content (AvgIpc) is 3.27. The highest BCUT2D eigenvalue weighted by Gasteiger charge is 2.20. The molecular weight excluding hydrogens is 398 g/mol. The molecule has 1 fully saturated rings. The number of H-pyrrole nitrogens is 1. The van der Waals surface area contributed by atoms with E-state index in [1.54, 1.807) is 6.20 Å². The van der Waals surface area contributed by atoms with Crippen molar-refractivity contribution in [3.05, 3.63) is 54.9 Å². The molecule has 0 radical (unpaired) electrons. The number of nitrogens with zero attached hydrogens (tertiary/aromatic N) is 6. The Labute approximate surface area is 178 Å². The lowest BCUT2D eigenvalue weighted by Gasteiger charge is -2.36. The van der Waals surface area contributed by atoms with Crippen molar-refractivity contribution in [3.8, 4) is 11.6 Å². The highest BCUT2D eigenvalue weighted by Crippen LogP contribution is 2.28. The average molecular weight is 420 g/mol. The van der Waals surface area contributed by atoms with Crippen LogP contribution < -0.4 is 14.5 Å². The molecule has 1 aliphatic rings. The van der Waals surface area contributed by atoms with Crippen molar-refractivity contribution in [1.82, 2.24) is 25.1 Å². The number of aromatic nitrogens is 5. The van der Waals surface area contributed by atoms with E-state index in [0.717, 1.165) is 54.5 Å². The number of aromatic amines is 1. The molecule has 152 valence electrons. The van der Waals surface area contributed by atoms with Gasteiger partial charge in [-0.15, -0.1) is 0 Å². The SMILES string of the molecule is CSc1nc(Oc2ccc3[nH]ncc3c2)cc(N2CCN(c3ccccn3)CC2)n1. The van der Waals surface area contributed by atoms with E-state index in [-0.39, 0.29) is 0 Å². The van der Waals surface area contributed by atoms with Crippen LogP contribution in [0.25, 0.3) is 10.9 Å². The maximum atomic E-state index is 6.07. The number of hydrogen-bond donors (Lipinski definition) is 1. The fourth-order valence-corrected chi connectivity index (χ4v) is 3.87. The summed E-state index contributed by atoms with van der Waals surface area (Å²) in [6.07, 6.45) is 5.59. The van der Waals surface area contributed by atoms with E-state index in [0.29, 0.717) is 11.0 Å². The van der Waals surface area contributed by atoms with Crippen LogP contribution in [-0.4, -0.2) is 57.6 Å². The van der Waals surface area contributed by atoms with Gasteiger partial charge in [0.25, 0.3) is 0 Å². The lowest BCUT2D eigenvalue weighted by atomic mass is 10.2. The molecule has 0 atom stereocenters. The van der Waals surface area contributed by atoms with Crippen LogP contribution in [0.15, 0.2) is 60.0 Å². The normalized spacial score (nSPS) is 14.3. The smallest absolute Gasteiger partial charge is 0.225 e. The minimum atomic E-state index is 0.541. The van der Waals surface area contributed by atoms with Gasteiger partial charge in [-0.25, -0.2) is 9.97 Å². The summed E-state index contributed by atoms with van der Waals surface area (Å²) < 4.78 is 6.07. The van der Waals surface area contributed by atoms with Crippen molar-refractivity contribution in [2.45, 2.75) is 5.16 Å². The Balaban J connectivity index is 1.34. The Hall–Kier alpha value is -3.33. The molecule has 0 spiro atoms. The maximum Gasteiger partial charge on any atom is 0.225 e. The first-order valence-electron chi connectivity index (χ1n) is 9.73. The third kappa shape index (κ3) is 3.88. The summed E-state index contributed by atoms with van der Waals surface area (Å²) in [5.41, 5.74) is 0.973. The van der Waals surface area contributed by atoms with Crippen molar-refractivity contribution in [2.75, 3.05) is 42.2 Å². The van der Waals surface area contributed by atoms with Crippen LogP contribution in [0.1, 0.15) is 0 Å². The highest BCUT2D eigenvalue weighted by molar-refractivity contribution is 7.98. The number of nitrogens with one attached hydrogen (secondary N) is 1. The molecule has 0 saturated carbocycles. The quantitative estimate of drug-likeness (QED) is 0.388. The van der Waals surface area contributed by atoms with Gasteiger partial charge in [0, 0.05) is 43.8 Å². The van der Waals surface area contributed by atoms with E-state index in [1.807, 2.05) is 48.9 Å². The van der Waals surface area contributed by atoms with Crippen LogP contribution in [0.4, 0.5) is 11.6 Å². The molecule has 30 heavy (non-hydrogen) atoms. The molecule has 0 amide bonds. The van der Waals surface area contributed by atoms with E-state index in [9.17, 15) is 0 Å². The predicted octanol–water partition coefficient (Wildman–Crippen LogP) is 3.59. The van der Waals surface area contributed by atoms with Gasteiger partial charge >= 0.3 is 0 Å². The van der Waals surface area contributed by atoms with Crippen LogP contribution in [0, 0.1) is 0 Å². The first-order valence-corrected chi connectivity index (χ1v) is 11.0. The van der Waals surface area contributed by atoms with Gasteiger partial charge in [0.1, 0.15) is 17.4 Å². The molecule has 1 saturated heterocycles. The molecule has 8 nitrogen and oxygen atoms in total. The highest BCUT2D eigenvalue weighted by atomic mass is 32.2. The van der Waals surface area contributed by atoms with Gasteiger partial charge < -0.3 is 14.5 Å².